The molecule has 20 heavy (non-hydrogen) atoms. The molecule has 1 N–H and O–H groups in total. The smallest absolute Gasteiger partial charge is 0.326 e. The van der Waals surface area contributed by atoms with Gasteiger partial charge in [-0.15, -0.1) is 0 Å². The van der Waals surface area contributed by atoms with Crippen LogP contribution >= 0.6 is 12.6 Å². The number of rotatable bonds is 7. The Hall–Kier alpha value is -0.710. The number of hydrogen-bond acceptors (Lipinski definition) is 3. The van der Waals surface area contributed by atoms with Gasteiger partial charge in [-0.3, -0.25) is 4.79 Å². The van der Waals surface area contributed by atoms with Crippen molar-refractivity contribution in [3.05, 3.63) is 0 Å². The summed E-state index contributed by atoms with van der Waals surface area (Å²) < 4.78 is 0. The fourth-order valence-corrected chi connectivity index (χ4v) is 3.13. The standard InChI is InChI=1S/C15H27NO3S/c1-11(2)10-13(15(18)19)16(8-9-20)14(17)12-6-4-3-5-7-12/h11-13,20H,3-10H2,1-2H3,(H,18,19). The van der Waals surface area contributed by atoms with Gasteiger partial charge in [0.1, 0.15) is 6.04 Å². The molecule has 1 aliphatic rings. The van der Waals surface area contributed by atoms with E-state index in [1.165, 1.54) is 6.42 Å². The lowest BCUT2D eigenvalue weighted by atomic mass is 9.87. The quantitative estimate of drug-likeness (QED) is 0.711. The second kappa shape index (κ2) is 8.55. The number of carboxylic acid groups (broad SMARTS) is 1. The van der Waals surface area contributed by atoms with Crippen LogP contribution in [0.1, 0.15) is 52.4 Å². The summed E-state index contributed by atoms with van der Waals surface area (Å²) in [6.45, 7) is 4.39. The predicted octanol–water partition coefficient (Wildman–Crippen LogP) is 2.82. The number of carboxylic acids is 1. The maximum Gasteiger partial charge on any atom is 0.326 e. The van der Waals surface area contributed by atoms with Crippen molar-refractivity contribution >= 4 is 24.5 Å². The van der Waals surface area contributed by atoms with Crippen LogP contribution in [0.2, 0.25) is 0 Å². The molecule has 1 atom stereocenters. The number of thiol groups is 1. The van der Waals surface area contributed by atoms with Gasteiger partial charge in [0.2, 0.25) is 5.91 Å². The van der Waals surface area contributed by atoms with E-state index in [0.717, 1.165) is 25.7 Å². The molecule has 1 rings (SSSR count). The summed E-state index contributed by atoms with van der Waals surface area (Å²) in [7, 11) is 0. The fourth-order valence-electron chi connectivity index (χ4n) is 2.92. The monoisotopic (exact) mass is 301 g/mol. The summed E-state index contributed by atoms with van der Waals surface area (Å²) >= 11 is 4.19. The van der Waals surface area contributed by atoms with Crippen molar-refractivity contribution in [2.24, 2.45) is 11.8 Å². The third-order valence-corrected chi connectivity index (χ3v) is 4.13. The Morgan fingerprint density at radius 3 is 2.30 bits per heavy atom. The van der Waals surface area contributed by atoms with E-state index in [4.69, 9.17) is 0 Å². The molecule has 0 aromatic heterocycles. The van der Waals surface area contributed by atoms with E-state index in [9.17, 15) is 14.7 Å². The van der Waals surface area contributed by atoms with Gasteiger partial charge in [0.15, 0.2) is 0 Å². The lowest BCUT2D eigenvalue weighted by molar-refractivity contribution is -0.153. The average molecular weight is 301 g/mol. The van der Waals surface area contributed by atoms with Crippen molar-refractivity contribution in [1.82, 2.24) is 4.90 Å². The Morgan fingerprint density at radius 1 is 1.25 bits per heavy atom. The molecule has 0 aromatic rings. The first kappa shape index (κ1) is 17.3. The first-order valence-electron chi connectivity index (χ1n) is 7.61. The van der Waals surface area contributed by atoms with Crippen molar-refractivity contribution in [3.8, 4) is 0 Å². The second-order valence-electron chi connectivity index (χ2n) is 6.07. The number of aliphatic carboxylic acids is 1. The molecule has 5 heteroatoms. The summed E-state index contributed by atoms with van der Waals surface area (Å²) in [4.78, 5) is 25.7. The average Bonchev–Trinajstić information content (AvgIpc) is 2.42. The molecule has 1 saturated carbocycles. The SMILES string of the molecule is CC(C)CC(C(=O)O)N(CCS)C(=O)C1CCCCC1. The minimum Gasteiger partial charge on any atom is -0.480 e. The van der Waals surface area contributed by atoms with Crippen LogP contribution in [0.25, 0.3) is 0 Å². The van der Waals surface area contributed by atoms with E-state index >= 15 is 0 Å². The number of hydrogen-bond donors (Lipinski definition) is 2. The Kier molecular flexibility index (Phi) is 7.41. The summed E-state index contributed by atoms with van der Waals surface area (Å²) in [5.41, 5.74) is 0. The molecule has 0 aromatic carbocycles. The van der Waals surface area contributed by atoms with Crippen molar-refractivity contribution in [3.63, 3.8) is 0 Å². The molecule has 1 amide bonds. The summed E-state index contributed by atoms with van der Waals surface area (Å²) in [5.74, 6) is -0.118. The van der Waals surface area contributed by atoms with E-state index < -0.39 is 12.0 Å². The van der Waals surface area contributed by atoms with Crippen LogP contribution < -0.4 is 0 Å². The highest BCUT2D eigenvalue weighted by molar-refractivity contribution is 7.80. The largest absolute Gasteiger partial charge is 0.480 e. The Balaban J connectivity index is 2.82. The predicted molar refractivity (Wildman–Crippen MR) is 83.0 cm³/mol. The van der Waals surface area contributed by atoms with Gasteiger partial charge in [-0.2, -0.15) is 12.6 Å². The Bertz CT molecular complexity index is 327. The van der Waals surface area contributed by atoms with Gasteiger partial charge in [-0.1, -0.05) is 33.1 Å². The summed E-state index contributed by atoms with van der Waals surface area (Å²) in [6, 6.07) is -0.712. The molecule has 0 aliphatic heterocycles. The van der Waals surface area contributed by atoms with Gasteiger partial charge in [0.25, 0.3) is 0 Å². The first-order valence-corrected chi connectivity index (χ1v) is 8.24. The lowest BCUT2D eigenvalue weighted by Gasteiger charge is -2.34. The highest BCUT2D eigenvalue weighted by Crippen LogP contribution is 2.27. The molecule has 0 spiro atoms. The second-order valence-corrected chi connectivity index (χ2v) is 6.52. The molecule has 1 unspecified atom stereocenters. The van der Waals surface area contributed by atoms with E-state index in [1.807, 2.05) is 13.8 Å². The molecule has 0 bridgehead atoms. The van der Waals surface area contributed by atoms with Gasteiger partial charge >= 0.3 is 5.97 Å². The summed E-state index contributed by atoms with van der Waals surface area (Å²) in [6.07, 6.45) is 5.64. The van der Waals surface area contributed by atoms with Crippen LogP contribution in [-0.2, 0) is 9.59 Å². The maximum absolute atomic E-state index is 12.6. The van der Waals surface area contributed by atoms with Crippen molar-refractivity contribution < 1.29 is 14.7 Å². The van der Waals surface area contributed by atoms with Gasteiger partial charge in [-0.25, -0.2) is 4.79 Å². The van der Waals surface area contributed by atoms with Gasteiger partial charge in [-0.05, 0) is 25.2 Å². The zero-order valence-corrected chi connectivity index (χ0v) is 13.4. The number of nitrogens with zero attached hydrogens (tertiary/aromatic N) is 1. The minimum atomic E-state index is -0.898. The first-order chi connectivity index (χ1) is 9.47. The topological polar surface area (TPSA) is 57.6 Å². The molecule has 4 nitrogen and oxygen atoms in total. The molecular weight excluding hydrogens is 274 g/mol. The van der Waals surface area contributed by atoms with E-state index in [0.29, 0.717) is 18.7 Å². The highest BCUT2D eigenvalue weighted by Gasteiger charge is 2.33. The van der Waals surface area contributed by atoms with Crippen LogP contribution in [0.3, 0.4) is 0 Å². The zero-order chi connectivity index (χ0) is 15.1. The van der Waals surface area contributed by atoms with Crippen LogP contribution in [0.15, 0.2) is 0 Å². The fraction of sp³-hybridized carbons (Fsp3) is 0.867. The normalized spacial score (nSPS) is 18.0. The van der Waals surface area contributed by atoms with Gasteiger partial charge < -0.3 is 10.0 Å². The minimum absolute atomic E-state index is 0.0117. The molecular formula is C15H27NO3S. The molecule has 0 saturated heterocycles. The lowest BCUT2D eigenvalue weighted by Crippen LogP contribution is -2.49. The highest BCUT2D eigenvalue weighted by atomic mass is 32.1. The van der Waals surface area contributed by atoms with Crippen molar-refractivity contribution in [2.75, 3.05) is 12.3 Å². The summed E-state index contributed by atoms with van der Waals surface area (Å²) in [5, 5.41) is 9.45. The van der Waals surface area contributed by atoms with Crippen molar-refractivity contribution in [2.45, 2.75) is 58.4 Å². The van der Waals surface area contributed by atoms with Crippen molar-refractivity contribution in [1.29, 1.82) is 0 Å². The van der Waals surface area contributed by atoms with Gasteiger partial charge in [0.05, 0.1) is 0 Å². The number of carbonyl (C=O) groups excluding carboxylic acids is 1. The molecule has 1 aliphatic carbocycles. The molecule has 116 valence electrons. The Labute approximate surface area is 127 Å². The Morgan fingerprint density at radius 2 is 1.85 bits per heavy atom. The molecule has 0 heterocycles. The molecule has 0 radical (unpaired) electrons. The third kappa shape index (κ3) is 5.00. The number of carbonyl (C=O) groups is 2. The van der Waals surface area contributed by atoms with E-state index in [1.54, 1.807) is 4.90 Å². The van der Waals surface area contributed by atoms with E-state index in [2.05, 4.69) is 12.6 Å². The molecule has 1 fully saturated rings. The van der Waals surface area contributed by atoms with E-state index in [-0.39, 0.29) is 17.7 Å². The maximum atomic E-state index is 12.6. The van der Waals surface area contributed by atoms with Crippen LogP contribution in [0, 0.1) is 11.8 Å². The number of amides is 1. The van der Waals surface area contributed by atoms with Gasteiger partial charge in [0, 0.05) is 18.2 Å². The van der Waals surface area contributed by atoms with Crippen LogP contribution in [-0.4, -0.2) is 40.2 Å². The third-order valence-electron chi connectivity index (χ3n) is 3.93. The zero-order valence-electron chi connectivity index (χ0n) is 12.5. The van der Waals surface area contributed by atoms with Crippen LogP contribution in [0.4, 0.5) is 0 Å². The van der Waals surface area contributed by atoms with Crippen LogP contribution in [0.5, 0.6) is 0 Å².